The number of rotatable bonds is 3. The number of hydrogen-bond donors (Lipinski definition) is 0. The molecule has 78 valence electrons. The predicted octanol–water partition coefficient (Wildman–Crippen LogP) is 0.450. The molecular formula is C9H18O4. The van der Waals surface area contributed by atoms with Gasteiger partial charge < -0.3 is 18.9 Å². The highest BCUT2D eigenvalue weighted by Gasteiger charge is 2.39. The molecule has 0 aromatic heterocycles. The smallest absolute Gasteiger partial charge is 0.114 e. The highest BCUT2D eigenvalue weighted by atomic mass is 16.6. The van der Waals surface area contributed by atoms with E-state index in [9.17, 15) is 0 Å². The number of hydrogen-bond acceptors (Lipinski definition) is 4. The van der Waals surface area contributed by atoms with E-state index in [-0.39, 0.29) is 24.4 Å². The molecule has 0 aromatic carbocycles. The molecule has 13 heavy (non-hydrogen) atoms. The summed E-state index contributed by atoms with van der Waals surface area (Å²) < 4.78 is 21.4. The van der Waals surface area contributed by atoms with E-state index >= 15 is 0 Å². The van der Waals surface area contributed by atoms with Gasteiger partial charge in [0.1, 0.15) is 18.3 Å². The summed E-state index contributed by atoms with van der Waals surface area (Å²) in [4.78, 5) is 0. The first-order valence-electron chi connectivity index (χ1n) is 4.44. The second-order valence-corrected chi connectivity index (χ2v) is 3.21. The summed E-state index contributed by atoms with van der Waals surface area (Å²) in [6, 6.07) is 0. The fourth-order valence-corrected chi connectivity index (χ4v) is 1.73. The Labute approximate surface area is 79.1 Å². The van der Waals surface area contributed by atoms with Crippen LogP contribution in [0.4, 0.5) is 0 Å². The first-order chi connectivity index (χ1) is 6.24. The Bertz CT molecular complexity index is 151. The van der Waals surface area contributed by atoms with Crippen LogP contribution in [0.15, 0.2) is 0 Å². The summed E-state index contributed by atoms with van der Waals surface area (Å²) in [5, 5.41) is 0. The van der Waals surface area contributed by atoms with E-state index in [1.807, 2.05) is 6.92 Å². The zero-order chi connectivity index (χ0) is 9.84. The molecule has 1 aliphatic heterocycles. The van der Waals surface area contributed by atoms with Crippen molar-refractivity contribution < 1.29 is 18.9 Å². The third-order valence-corrected chi connectivity index (χ3v) is 2.52. The zero-order valence-corrected chi connectivity index (χ0v) is 8.65. The van der Waals surface area contributed by atoms with Crippen LogP contribution in [0.2, 0.25) is 0 Å². The molecule has 0 amide bonds. The van der Waals surface area contributed by atoms with Crippen molar-refractivity contribution in [1.29, 1.82) is 0 Å². The van der Waals surface area contributed by atoms with Crippen LogP contribution >= 0.6 is 0 Å². The lowest BCUT2D eigenvalue weighted by Gasteiger charge is -2.39. The van der Waals surface area contributed by atoms with Crippen molar-refractivity contribution in [2.75, 3.05) is 27.9 Å². The second kappa shape index (κ2) is 4.91. The fourth-order valence-electron chi connectivity index (χ4n) is 1.73. The van der Waals surface area contributed by atoms with Gasteiger partial charge in [0, 0.05) is 21.3 Å². The SMILES string of the molecule is CO[C@@H]1[C@H](OC)[C@@H](C)OC[C@H]1OC. The van der Waals surface area contributed by atoms with Crippen LogP contribution in [-0.4, -0.2) is 52.4 Å². The van der Waals surface area contributed by atoms with Gasteiger partial charge in [-0.3, -0.25) is 0 Å². The van der Waals surface area contributed by atoms with Crippen LogP contribution < -0.4 is 0 Å². The van der Waals surface area contributed by atoms with Gasteiger partial charge in [0.25, 0.3) is 0 Å². The third-order valence-electron chi connectivity index (χ3n) is 2.52. The Kier molecular flexibility index (Phi) is 4.12. The maximum Gasteiger partial charge on any atom is 0.114 e. The highest BCUT2D eigenvalue weighted by Crippen LogP contribution is 2.21. The molecule has 4 atom stereocenters. The van der Waals surface area contributed by atoms with Gasteiger partial charge >= 0.3 is 0 Å². The summed E-state index contributed by atoms with van der Waals surface area (Å²) in [5.74, 6) is 0. The minimum atomic E-state index is -0.0521. The molecule has 0 radical (unpaired) electrons. The molecule has 0 spiro atoms. The lowest BCUT2D eigenvalue weighted by molar-refractivity contribution is -0.206. The quantitative estimate of drug-likeness (QED) is 0.647. The van der Waals surface area contributed by atoms with Crippen molar-refractivity contribution in [1.82, 2.24) is 0 Å². The van der Waals surface area contributed by atoms with Crippen molar-refractivity contribution in [3.8, 4) is 0 Å². The van der Waals surface area contributed by atoms with E-state index in [1.54, 1.807) is 21.3 Å². The lowest BCUT2D eigenvalue weighted by atomic mass is 10.0. The molecule has 1 rings (SSSR count). The topological polar surface area (TPSA) is 36.9 Å². The van der Waals surface area contributed by atoms with Crippen LogP contribution in [0.1, 0.15) is 6.92 Å². The van der Waals surface area contributed by atoms with E-state index in [0.717, 1.165) is 0 Å². The van der Waals surface area contributed by atoms with Crippen molar-refractivity contribution in [3.63, 3.8) is 0 Å². The largest absolute Gasteiger partial charge is 0.376 e. The van der Waals surface area contributed by atoms with Crippen molar-refractivity contribution >= 4 is 0 Å². The molecule has 1 fully saturated rings. The molecule has 0 N–H and O–H groups in total. The molecule has 4 nitrogen and oxygen atoms in total. The van der Waals surface area contributed by atoms with Crippen LogP contribution in [0.25, 0.3) is 0 Å². The molecule has 1 heterocycles. The molecular weight excluding hydrogens is 172 g/mol. The van der Waals surface area contributed by atoms with Crippen LogP contribution in [0.3, 0.4) is 0 Å². The summed E-state index contributed by atoms with van der Waals surface area (Å²) in [6.07, 6.45) is -0.0741. The molecule has 1 saturated heterocycles. The highest BCUT2D eigenvalue weighted by molar-refractivity contribution is 4.87. The molecule has 0 aromatic rings. The number of methoxy groups -OCH3 is 3. The first kappa shape index (κ1) is 10.9. The average molecular weight is 190 g/mol. The van der Waals surface area contributed by atoms with Gasteiger partial charge in [-0.15, -0.1) is 0 Å². The molecule has 0 saturated carbocycles. The van der Waals surface area contributed by atoms with Gasteiger partial charge in [-0.2, -0.15) is 0 Å². The summed E-state index contributed by atoms with van der Waals surface area (Å²) in [5.41, 5.74) is 0. The minimum absolute atomic E-state index is 0.0360. The summed E-state index contributed by atoms with van der Waals surface area (Å²) in [7, 11) is 4.98. The Morgan fingerprint density at radius 2 is 1.62 bits per heavy atom. The summed E-state index contributed by atoms with van der Waals surface area (Å²) in [6.45, 7) is 2.54. The average Bonchev–Trinajstić information content (AvgIpc) is 2.17. The Morgan fingerprint density at radius 1 is 1.00 bits per heavy atom. The Balaban J connectivity index is 2.64. The normalized spacial score (nSPS) is 40.6. The van der Waals surface area contributed by atoms with Gasteiger partial charge in [-0.1, -0.05) is 0 Å². The van der Waals surface area contributed by atoms with Gasteiger partial charge in [0.05, 0.1) is 12.7 Å². The van der Waals surface area contributed by atoms with E-state index in [1.165, 1.54) is 0 Å². The van der Waals surface area contributed by atoms with Crippen LogP contribution in [0, 0.1) is 0 Å². The maximum atomic E-state index is 5.49. The Morgan fingerprint density at radius 3 is 2.08 bits per heavy atom. The van der Waals surface area contributed by atoms with Crippen LogP contribution in [-0.2, 0) is 18.9 Å². The standard InChI is InChI=1S/C9H18O4/c1-6-8(11-3)9(12-4)7(10-2)5-13-6/h6-9H,5H2,1-4H3/t6-,7-,8-,9+/m1/s1. The molecule has 0 unspecified atom stereocenters. The molecule has 4 heteroatoms. The monoisotopic (exact) mass is 190 g/mol. The predicted molar refractivity (Wildman–Crippen MR) is 47.8 cm³/mol. The molecule has 0 bridgehead atoms. The van der Waals surface area contributed by atoms with Crippen LogP contribution in [0.5, 0.6) is 0 Å². The fraction of sp³-hybridized carbons (Fsp3) is 1.00. The van der Waals surface area contributed by atoms with E-state index in [4.69, 9.17) is 18.9 Å². The Hall–Kier alpha value is -0.160. The van der Waals surface area contributed by atoms with E-state index < -0.39 is 0 Å². The second-order valence-electron chi connectivity index (χ2n) is 3.21. The van der Waals surface area contributed by atoms with Gasteiger partial charge in [-0.05, 0) is 6.92 Å². The lowest BCUT2D eigenvalue weighted by Crippen LogP contribution is -2.54. The van der Waals surface area contributed by atoms with E-state index in [2.05, 4.69) is 0 Å². The zero-order valence-electron chi connectivity index (χ0n) is 8.65. The van der Waals surface area contributed by atoms with Crippen molar-refractivity contribution in [3.05, 3.63) is 0 Å². The molecule has 1 aliphatic rings. The van der Waals surface area contributed by atoms with Gasteiger partial charge in [0.15, 0.2) is 0 Å². The van der Waals surface area contributed by atoms with Gasteiger partial charge in [0.2, 0.25) is 0 Å². The third kappa shape index (κ3) is 2.20. The molecule has 0 aliphatic carbocycles. The maximum absolute atomic E-state index is 5.49. The van der Waals surface area contributed by atoms with Crippen molar-refractivity contribution in [2.45, 2.75) is 31.3 Å². The van der Waals surface area contributed by atoms with Gasteiger partial charge in [-0.25, -0.2) is 0 Å². The first-order valence-corrected chi connectivity index (χ1v) is 4.44. The summed E-state index contributed by atoms with van der Waals surface area (Å²) >= 11 is 0. The van der Waals surface area contributed by atoms with Crippen molar-refractivity contribution in [2.24, 2.45) is 0 Å². The number of ether oxygens (including phenoxy) is 4. The van der Waals surface area contributed by atoms with E-state index in [0.29, 0.717) is 6.61 Å². The minimum Gasteiger partial charge on any atom is -0.376 e.